The number of aliphatic hydroxyl groups excluding tert-OH is 1. The number of nitrogens with zero attached hydrogens (tertiary/aromatic N) is 3. The molecule has 41 heavy (non-hydrogen) atoms. The lowest BCUT2D eigenvalue weighted by Crippen LogP contribution is -2.44. The number of pyridine rings is 2. The van der Waals surface area contributed by atoms with Crippen LogP contribution in [0.5, 0.6) is 11.5 Å². The molecule has 2 aromatic heterocycles. The molecule has 3 aromatic rings. The molecule has 1 fully saturated rings. The van der Waals surface area contributed by atoms with E-state index in [4.69, 9.17) is 23.9 Å². The van der Waals surface area contributed by atoms with Gasteiger partial charge in [0.1, 0.15) is 6.61 Å². The molecule has 7 rings (SSSR count). The summed E-state index contributed by atoms with van der Waals surface area (Å²) < 4.78 is 23.5. The summed E-state index contributed by atoms with van der Waals surface area (Å²) in [6.07, 6.45) is -0.489. The Bertz CT molecular complexity index is 1620. The van der Waals surface area contributed by atoms with E-state index in [1.54, 1.807) is 17.6 Å². The average Bonchev–Trinajstić information content (AvgIpc) is 3.59. The van der Waals surface area contributed by atoms with Crippen LogP contribution in [0.1, 0.15) is 35.6 Å². The molecular weight excluding hydrogens is 532 g/mol. The third-order valence-electron chi connectivity index (χ3n) is 8.55. The van der Waals surface area contributed by atoms with Crippen LogP contribution in [0.4, 0.5) is 0 Å². The van der Waals surface area contributed by atoms with Crippen LogP contribution in [-0.2, 0) is 39.6 Å². The molecule has 0 radical (unpaired) electrons. The minimum Gasteiger partial charge on any atom is -0.458 e. The molecule has 0 saturated carbocycles. The number of morpholine rings is 1. The zero-order valence-corrected chi connectivity index (χ0v) is 22.8. The fourth-order valence-electron chi connectivity index (χ4n) is 6.26. The summed E-state index contributed by atoms with van der Waals surface area (Å²) >= 11 is 0. The van der Waals surface area contributed by atoms with E-state index in [2.05, 4.69) is 10.2 Å². The fraction of sp³-hybridized carbons (Fsp3) is 0.483. The smallest absolute Gasteiger partial charge is 0.343 e. The summed E-state index contributed by atoms with van der Waals surface area (Å²) in [4.78, 5) is 33.4. The highest BCUT2D eigenvalue weighted by molar-refractivity contribution is 5.91. The Kier molecular flexibility index (Phi) is 6.47. The van der Waals surface area contributed by atoms with E-state index in [-0.39, 0.29) is 43.1 Å². The van der Waals surface area contributed by atoms with E-state index in [0.717, 1.165) is 29.6 Å². The van der Waals surface area contributed by atoms with Crippen molar-refractivity contribution >= 4 is 16.9 Å². The predicted octanol–water partition coefficient (Wildman–Crippen LogP) is 0.591. The molecular formula is C29H32N4O8. The highest BCUT2D eigenvalue weighted by Gasteiger charge is 2.45. The Morgan fingerprint density at radius 3 is 2.66 bits per heavy atom. The van der Waals surface area contributed by atoms with Crippen molar-refractivity contribution in [3.8, 4) is 22.9 Å². The third-order valence-corrected chi connectivity index (χ3v) is 8.55. The van der Waals surface area contributed by atoms with Crippen LogP contribution in [0.25, 0.3) is 22.3 Å². The lowest BCUT2D eigenvalue weighted by atomic mass is 9.86. The van der Waals surface area contributed by atoms with Gasteiger partial charge < -0.3 is 39.0 Å². The highest BCUT2D eigenvalue weighted by Crippen LogP contribution is 2.43. The number of hydrogen-bond donors (Lipinski definition) is 3. The Labute approximate surface area is 235 Å². The largest absolute Gasteiger partial charge is 0.458 e. The van der Waals surface area contributed by atoms with Crippen molar-refractivity contribution in [2.24, 2.45) is 0 Å². The van der Waals surface area contributed by atoms with Crippen molar-refractivity contribution in [3.63, 3.8) is 0 Å². The molecule has 1 saturated heterocycles. The Hall–Kier alpha value is -3.55. The predicted molar refractivity (Wildman–Crippen MR) is 146 cm³/mol. The van der Waals surface area contributed by atoms with Gasteiger partial charge in [0, 0.05) is 55.3 Å². The van der Waals surface area contributed by atoms with Crippen molar-refractivity contribution in [1.29, 1.82) is 0 Å². The number of ether oxygens (including phenoxy) is 4. The second-order valence-electron chi connectivity index (χ2n) is 10.9. The van der Waals surface area contributed by atoms with E-state index in [0.29, 0.717) is 61.3 Å². The standard InChI is InChI=1S/C29H32N4O8/c1-2-29(37)21-8-23-26-19(13-33(23)27(35)20(21)14-39-28(29)36)18(11-30-10-16(34)12-32-3-5-38-6-4-32)17-7-24-25(41-15-40-24)9-22(17)31-26/h7-9,16,30,34,37H,2-6,10-15H2,1H3/t16?,29-/m0/s1. The van der Waals surface area contributed by atoms with Gasteiger partial charge in [0.2, 0.25) is 6.79 Å². The molecule has 6 heterocycles. The van der Waals surface area contributed by atoms with E-state index in [1.165, 1.54) is 0 Å². The number of aliphatic hydroxyl groups is 2. The molecule has 4 aliphatic heterocycles. The van der Waals surface area contributed by atoms with Crippen LogP contribution in [0.3, 0.4) is 0 Å². The number of hydrogen-bond acceptors (Lipinski definition) is 11. The quantitative estimate of drug-likeness (QED) is 0.271. The molecule has 1 aromatic carbocycles. The Morgan fingerprint density at radius 2 is 1.88 bits per heavy atom. The third kappa shape index (κ3) is 4.29. The van der Waals surface area contributed by atoms with Gasteiger partial charge in [-0.25, -0.2) is 9.78 Å². The zero-order valence-electron chi connectivity index (χ0n) is 22.8. The van der Waals surface area contributed by atoms with Gasteiger partial charge in [-0.05, 0) is 24.1 Å². The van der Waals surface area contributed by atoms with E-state index >= 15 is 0 Å². The lowest BCUT2D eigenvalue weighted by Gasteiger charge is -2.31. The first-order valence-corrected chi connectivity index (χ1v) is 14.0. The average molecular weight is 565 g/mol. The molecule has 0 aliphatic carbocycles. The van der Waals surface area contributed by atoms with Crippen molar-refractivity contribution in [3.05, 3.63) is 50.8 Å². The highest BCUT2D eigenvalue weighted by atomic mass is 16.7. The number of fused-ring (bicyclic) bond motifs is 6. The number of β-amino-alcohol motifs (C(OH)–C–C–N with tert-alkyl or cyclic N) is 1. The SMILES string of the molecule is CC[C@@]1(O)C(=O)OCc2c1cc1n(c2=O)Cc2c-1nc1cc3c(cc1c2CNCC(O)CN1CCOCC1)OCO3. The molecule has 0 spiro atoms. The van der Waals surface area contributed by atoms with Gasteiger partial charge in [-0.15, -0.1) is 0 Å². The van der Waals surface area contributed by atoms with Crippen LogP contribution in [-0.4, -0.2) is 82.9 Å². The van der Waals surface area contributed by atoms with E-state index in [9.17, 15) is 19.8 Å². The minimum absolute atomic E-state index is 0.0746. The van der Waals surface area contributed by atoms with Crippen LogP contribution < -0.4 is 20.3 Å². The van der Waals surface area contributed by atoms with E-state index in [1.807, 2.05) is 12.1 Å². The molecule has 3 N–H and O–H groups in total. The van der Waals surface area contributed by atoms with Gasteiger partial charge >= 0.3 is 5.97 Å². The number of benzene rings is 1. The summed E-state index contributed by atoms with van der Waals surface area (Å²) in [6, 6.07) is 5.44. The van der Waals surface area contributed by atoms with Gasteiger partial charge in [-0.3, -0.25) is 9.69 Å². The second-order valence-corrected chi connectivity index (χ2v) is 10.9. The Balaban J connectivity index is 1.28. The number of carbonyl (C=O) groups is 1. The first-order valence-electron chi connectivity index (χ1n) is 14.0. The Morgan fingerprint density at radius 1 is 1.10 bits per heavy atom. The second kappa shape index (κ2) is 10.1. The molecule has 4 aliphatic rings. The molecule has 216 valence electrons. The van der Waals surface area contributed by atoms with Gasteiger partial charge in [0.15, 0.2) is 17.1 Å². The van der Waals surface area contributed by atoms with Crippen LogP contribution >= 0.6 is 0 Å². The maximum atomic E-state index is 13.7. The summed E-state index contributed by atoms with van der Waals surface area (Å²) in [6.45, 7) is 6.20. The minimum atomic E-state index is -1.89. The molecule has 12 heteroatoms. The number of aromatic nitrogens is 2. The van der Waals surface area contributed by atoms with Gasteiger partial charge in [0.05, 0.1) is 48.3 Å². The molecule has 0 amide bonds. The van der Waals surface area contributed by atoms with Crippen molar-refractivity contribution in [2.75, 3.05) is 46.2 Å². The molecule has 12 nitrogen and oxygen atoms in total. The van der Waals surface area contributed by atoms with Crippen LogP contribution in [0.2, 0.25) is 0 Å². The van der Waals surface area contributed by atoms with Crippen LogP contribution in [0, 0.1) is 0 Å². The fourth-order valence-corrected chi connectivity index (χ4v) is 6.26. The van der Waals surface area contributed by atoms with E-state index < -0.39 is 17.7 Å². The monoisotopic (exact) mass is 564 g/mol. The first-order chi connectivity index (χ1) is 19.9. The molecule has 1 unspecified atom stereocenters. The topological polar surface area (TPSA) is 145 Å². The summed E-state index contributed by atoms with van der Waals surface area (Å²) in [5.41, 5.74) is 1.96. The van der Waals surface area contributed by atoms with Gasteiger partial charge in [-0.2, -0.15) is 0 Å². The molecule has 2 atom stereocenters. The van der Waals surface area contributed by atoms with Crippen molar-refractivity contribution in [2.45, 2.75) is 44.7 Å². The number of rotatable bonds is 7. The zero-order chi connectivity index (χ0) is 28.3. The number of esters is 1. The van der Waals surface area contributed by atoms with Crippen molar-refractivity contribution < 1.29 is 34.0 Å². The summed E-state index contributed by atoms with van der Waals surface area (Å²) in [7, 11) is 0. The summed E-state index contributed by atoms with van der Waals surface area (Å²) in [5, 5.41) is 26.2. The summed E-state index contributed by atoms with van der Waals surface area (Å²) in [5.74, 6) is 0.461. The number of carbonyl (C=O) groups excluding carboxylic acids is 1. The van der Waals surface area contributed by atoms with Crippen molar-refractivity contribution in [1.82, 2.24) is 19.8 Å². The maximum Gasteiger partial charge on any atom is 0.343 e. The maximum absolute atomic E-state index is 13.7. The van der Waals surface area contributed by atoms with Gasteiger partial charge in [-0.1, -0.05) is 6.92 Å². The number of cyclic esters (lactones) is 1. The normalized spacial score (nSPS) is 21.9. The van der Waals surface area contributed by atoms with Crippen LogP contribution in [0.15, 0.2) is 23.0 Å². The van der Waals surface area contributed by atoms with Gasteiger partial charge in [0.25, 0.3) is 5.56 Å². The lowest BCUT2D eigenvalue weighted by molar-refractivity contribution is -0.172. The first kappa shape index (κ1) is 26.4. The molecule has 0 bridgehead atoms. The number of nitrogens with one attached hydrogen (secondary N) is 1.